The van der Waals surface area contributed by atoms with Crippen LogP contribution >= 0.6 is 0 Å². The van der Waals surface area contributed by atoms with Crippen LogP contribution in [-0.2, 0) is 4.74 Å². The molecule has 1 aliphatic heterocycles. The maximum Gasteiger partial charge on any atom is 0.317 e. The van der Waals surface area contributed by atoms with Gasteiger partial charge in [-0.1, -0.05) is 33.1 Å². The van der Waals surface area contributed by atoms with Gasteiger partial charge in [0.1, 0.15) is 0 Å². The van der Waals surface area contributed by atoms with Crippen LogP contribution in [0.25, 0.3) is 0 Å². The van der Waals surface area contributed by atoms with Crippen molar-refractivity contribution < 1.29 is 9.53 Å². The van der Waals surface area contributed by atoms with E-state index in [-0.39, 0.29) is 12.1 Å². The van der Waals surface area contributed by atoms with Gasteiger partial charge in [-0.3, -0.25) is 0 Å². The van der Waals surface area contributed by atoms with Gasteiger partial charge >= 0.3 is 6.03 Å². The number of hydrogen-bond acceptors (Lipinski definition) is 2. The fraction of sp³-hybridized carbons (Fsp3) is 0.938. The Morgan fingerprint density at radius 3 is 2.75 bits per heavy atom. The third-order valence-electron chi connectivity index (χ3n) is 4.20. The monoisotopic (exact) mass is 284 g/mol. The highest BCUT2D eigenvalue weighted by atomic mass is 16.5. The van der Waals surface area contributed by atoms with Gasteiger partial charge in [-0.25, -0.2) is 4.79 Å². The Bertz CT molecular complexity index is 265. The second kappa shape index (κ2) is 10.0. The van der Waals surface area contributed by atoms with Crippen molar-refractivity contribution in [1.29, 1.82) is 0 Å². The van der Waals surface area contributed by atoms with Crippen LogP contribution in [0.15, 0.2) is 0 Å². The standard InChI is InChI=1S/C16H32N2O2/c1-4-7-9-14(5-2)12-17-16(19)18(6-3)13-15-10-8-11-20-15/h14-15H,4-13H2,1-3H3,(H,17,19). The number of ether oxygens (including phenoxy) is 1. The normalized spacial score (nSPS) is 19.9. The smallest absolute Gasteiger partial charge is 0.317 e. The lowest BCUT2D eigenvalue weighted by atomic mass is 9.99. The molecule has 2 atom stereocenters. The number of carbonyl (C=O) groups is 1. The number of rotatable bonds is 9. The van der Waals surface area contributed by atoms with E-state index in [4.69, 9.17) is 4.74 Å². The number of likely N-dealkylation sites (N-methyl/N-ethyl adjacent to an activating group) is 1. The molecule has 0 saturated carbocycles. The molecule has 2 amide bonds. The van der Waals surface area contributed by atoms with E-state index in [1.54, 1.807) is 0 Å². The second-order valence-corrected chi connectivity index (χ2v) is 5.78. The van der Waals surface area contributed by atoms with E-state index in [0.717, 1.165) is 45.5 Å². The van der Waals surface area contributed by atoms with Gasteiger partial charge in [0.25, 0.3) is 0 Å². The van der Waals surface area contributed by atoms with Gasteiger partial charge < -0.3 is 15.0 Å². The molecule has 1 rings (SSSR count). The van der Waals surface area contributed by atoms with Crippen LogP contribution in [0.5, 0.6) is 0 Å². The number of unbranched alkanes of at least 4 members (excludes halogenated alkanes) is 1. The van der Waals surface area contributed by atoms with Crippen LogP contribution < -0.4 is 5.32 Å². The lowest BCUT2D eigenvalue weighted by molar-refractivity contribution is 0.0824. The SMILES string of the molecule is CCCCC(CC)CNC(=O)N(CC)CC1CCCO1. The lowest BCUT2D eigenvalue weighted by Crippen LogP contribution is -2.44. The van der Waals surface area contributed by atoms with Crippen LogP contribution in [0.4, 0.5) is 4.79 Å². The average molecular weight is 284 g/mol. The van der Waals surface area contributed by atoms with Crippen molar-refractivity contribution >= 4 is 6.03 Å². The number of carbonyl (C=O) groups excluding carboxylic acids is 1. The first kappa shape index (κ1) is 17.3. The number of urea groups is 1. The van der Waals surface area contributed by atoms with E-state index in [1.165, 1.54) is 19.3 Å². The molecule has 1 fully saturated rings. The minimum atomic E-state index is 0.0675. The minimum absolute atomic E-state index is 0.0675. The molecule has 1 N–H and O–H groups in total. The van der Waals surface area contributed by atoms with Crippen molar-refractivity contribution in [2.45, 2.75) is 65.4 Å². The topological polar surface area (TPSA) is 41.6 Å². The molecule has 4 nitrogen and oxygen atoms in total. The largest absolute Gasteiger partial charge is 0.376 e. The summed E-state index contributed by atoms with van der Waals surface area (Å²) < 4.78 is 5.61. The summed E-state index contributed by atoms with van der Waals surface area (Å²) in [4.78, 5) is 14.1. The first-order valence-electron chi connectivity index (χ1n) is 8.35. The van der Waals surface area contributed by atoms with Crippen LogP contribution in [-0.4, -0.2) is 43.3 Å². The molecule has 0 spiro atoms. The van der Waals surface area contributed by atoms with E-state index in [2.05, 4.69) is 19.2 Å². The molecular weight excluding hydrogens is 252 g/mol. The molecule has 1 heterocycles. The van der Waals surface area contributed by atoms with E-state index < -0.39 is 0 Å². The van der Waals surface area contributed by atoms with Crippen molar-refractivity contribution in [2.24, 2.45) is 5.92 Å². The van der Waals surface area contributed by atoms with Crippen LogP contribution in [0, 0.1) is 5.92 Å². The van der Waals surface area contributed by atoms with Gasteiger partial charge in [-0.15, -0.1) is 0 Å². The fourth-order valence-electron chi connectivity index (χ4n) is 2.68. The van der Waals surface area contributed by atoms with Crippen molar-refractivity contribution in [1.82, 2.24) is 10.2 Å². The molecule has 2 unspecified atom stereocenters. The first-order chi connectivity index (χ1) is 9.71. The molecule has 0 radical (unpaired) electrons. The van der Waals surface area contributed by atoms with E-state index >= 15 is 0 Å². The predicted molar refractivity (Wildman–Crippen MR) is 82.9 cm³/mol. The van der Waals surface area contributed by atoms with Crippen LogP contribution in [0.3, 0.4) is 0 Å². The van der Waals surface area contributed by atoms with E-state index in [9.17, 15) is 4.79 Å². The number of hydrogen-bond donors (Lipinski definition) is 1. The number of nitrogens with one attached hydrogen (secondary N) is 1. The molecule has 4 heteroatoms. The summed E-state index contributed by atoms with van der Waals surface area (Å²) in [6.07, 6.45) is 7.27. The fourth-order valence-corrected chi connectivity index (χ4v) is 2.68. The third-order valence-corrected chi connectivity index (χ3v) is 4.20. The zero-order chi connectivity index (χ0) is 14.8. The van der Waals surface area contributed by atoms with Crippen molar-refractivity contribution in [3.63, 3.8) is 0 Å². The van der Waals surface area contributed by atoms with Gasteiger partial charge in [-0.05, 0) is 32.1 Å². The van der Waals surface area contributed by atoms with Gasteiger partial charge in [-0.2, -0.15) is 0 Å². The molecule has 0 aromatic heterocycles. The third kappa shape index (κ3) is 6.12. The Hall–Kier alpha value is -0.770. The Labute approximate surface area is 124 Å². The molecular formula is C16H32N2O2. The Kier molecular flexibility index (Phi) is 8.67. The lowest BCUT2D eigenvalue weighted by Gasteiger charge is -2.25. The summed E-state index contributed by atoms with van der Waals surface area (Å²) in [5.74, 6) is 0.611. The maximum absolute atomic E-state index is 12.2. The van der Waals surface area contributed by atoms with E-state index in [0.29, 0.717) is 5.92 Å². The average Bonchev–Trinajstić information content (AvgIpc) is 2.97. The zero-order valence-corrected chi connectivity index (χ0v) is 13.5. The Morgan fingerprint density at radius 1 is 1.40 bits per heavy atom. The summed E-state index contributed by atoms with van der Waals surface area (Å²) in [6, 6.07) is 0.0675. The van der Waals surface area contributed by atoms with Gasteiger partial charge in [0.2, 0.25) is 0 Å². The summed E-state index contributed by atoms with van der Waals surface area (Å²) >= 11 is 0. The summed E-state index contributed by atoms with van der Waals surface area (Å²) in [5.41, 5.74) is 0. The van der Waals surface area contributed by atoms with Crippen molar-refractivity contribution in [2.75, 3.05) is 26.2 Å². The molecule has 0 bridgehead atoms. The summed E-state index contributed by atoms with van der Waals surface area (Å²) in [7, 11) is 0. The number of amides is 2. The highest BCUT2D eigenvalue weighted by Crippen LogP contribution is 2.14. The molecule has 20 heavy (non-hydrogen) atoms. The predicted octanol–water partition coefficient (Wildman–Crippen LogP) is 3.41. The van der Waals surface area contributed by atoms with Crippen LogP contribution in [0.1, 0.15) is 59.3 Å². The molecule has 0 aromatic rings. The molecule has 1 saturated heterocycles. The quantitative estimate of drug-likeness (QED) is 0.705. The molecule has 118 valence electrons. The summed E-state index contributed by atoms with van der Waals surface area (Å²) in [5, 5.41) is 3.10. The van der Waals surface area contributed by atoms with Crippen molar-refractivity contribution in [3.8, 4) is 0 Å². The highest BCUT2D eigenvalue weighted by Gasteiger charge is 2.21. The second-order valence-electron chi connectivity index (χ2n) is 5.78. The zero-order valence-electron chi connectivity index (χ0n) is 13.5. The minimum Gasteiger partial charge on any atom is -0.376 e. The van der Waals surface area contributed by atoms with Crippen LogP contribution in [0.2, 0.25) is 0 Å². The summed E-state index contributed by atoms with van der Waals surface area (Å²) in [6.45, 7) is 9.58. The Morgan fingerprint density at radius 2 is 2.20 bits per heavy atom. The molecule has 1 aliphatic rings. The highest BCUT2D eigenvalue weighted by molar-refractivity contribution is 5.74. The molecule has 0 aromatic carbocycles. The van der Waals surface area contributed by atoms with Gasteiger partial charge in [0.15, 0.2) is 0 Å². The molecule has 0 aliphatic carbocycles. The van der Waals surface area contributed by atoms with Crippen molar-refractivity contribution in [3.05, 3.63) is 0 Å². The first-order valence-corrected chi connectivity index (χ1v) is 8.35. The van der Waals surface area contributed by atoms with E-state index in [1.807, 2.05) is 11.8 Å². The van der Waals surface area contributed by atoms with Gasteiger partial charge in [0.05, 0.1) is 6.10 Å². The maximum atomic E-state index is 12.2. The number of nitrogens with zero attached hydrogens (tertiary/aromatic N) is 1. The van der Waals surface area contributed by atoms with Gasteiger partial charge in [0, 0.05) is 26.2 Å². The Balaban J connectivity index is 2.30.